The molecular formula is C24H25N5O5S. The van der Waals surface area contributed by atoms with Crippen LogP contribution < -0.4 is 15.5 Å². The van der Waals surface area contributed by atoms with E-state index in [0.29, 0.717) is 22.6 Å². The quantitative estimate of drug-likeness (QED) is 0.233. The molecule has 0 aromatic heterocycles. The molecule has 11 heteroatoms. The summed E-state index contributed by atoms with van der Waals surface area (Å²) in [4.78, 5) is 22.0. The van der Waals surface area contributed by atoms with Gasteiger partial charge in [0, 0.05) is 18.7 Å². The van der Waals surface area contributed by atoms with Gasteiger partial charge < -0.3 is 5.32 Å². The molecule has 10 nitrogen and oxygen atoms in total. The first kappa shape index (κ1) is 25.4. The molecular weight excluding hydrogens is 470 g/mol. The normalized spacial score (nSPS) is 11.6. The van der Waals surface area contributed by atoms with Crippen LogP contribution in [0.25, 0.3) is 0 Å². The Labute approximate surface area is 203 Å². The van der Waals surface area contributed by atoms with Crippen molar-refractivity contribution in [2.24, 2.45) is 5.10 Å². The number of nitro groups is 1. The summed E-state index contributed by atoms with van der Waals surface area (Å²) < 4.78 is 28.2. The Morgan fingerprint density at radius 1 is 0.971 bits per heavy atom. The van der Waals surface area contributed by atoms with Crippen LogP contribution in [0.4, 0.5) is 22.7 Å². The minimum atomic E-state index is -4.06. The van der Waals surface area contributed by atoms with Crippen molar-refractivity contribution in [1.29, 1.82) is 0 Å². The van der Waals surface area contributed by atoms with Crippen LogP contribution in [0.5, 0.6) is 0 Å². The summed E-state index contributed by atoms with van der Waals surface area (Å²) in [7, 11) is -4.06. The molecule has 0 unspecified atom stereocenters. The summed E-state index contributed by atoms with van der Waals surface area (Å²) in [5.41, 5.74) is 6.09. The van der Waals surface area contributed by atoms with Gasteiger partial charge in [-0.1, -0.05) is 29.8 Å². The van der Waals surface area contributed by atoms with Crippen LogP contribution in [0.2, 0.25) is 0 Å². The third-order valence-electron chi connectivity index (χ3n) is 5.05. The van der Waals surface area contributed by atoms with Crippen LogP contribution in [0.15, 0.2) is 70.7 Å². The Balaban J connectivity index is 1.87. The van der Waals surface area contributed by atoms with E-state index in [0.717, 1.165) is 17.2 Å². The number of carbonyl (C=O) groups excluding carboxylic acids is 1. The number of nitro benzene ring substituents is 1. The Morgan fingerprint density at radius 3 is 2.34 bits per heavy atom. The van der Waals surface area contributed by atoms with Crippen LogP contribution in [-0.2, 0) is 14.8 Å². The third kappa shape index (κ3) is 6.42. The summed E-state index contributed by atoms with van der Waals surface area (Å²) >= 11 is 0. The predicted molar refractivity (Wildman–Crippen MR) is 136 cm³/mol. The topological polar surface area (TPSA) is 143 Å². The van der Waals surface area contributed by atoms with Crippen LogP contribution in [0.1, 0.15) is 30.5 Å². The number of hydrogen-bond acceptors (Lipinski definition) is 7. The van der Waals surface area contributed by atoms with Crippen molar-refractivity contribution in [3.63, 3.8) is 0 Å². The van der Waals surface area contributed by atoms with E-state index in [9.17, 15) is 23.3 Å². The fourth-order valence-corrected chi connectivity index (χ4v) is 4.44. The van der Waals surface area contributed by atoms with Gasteiger partial charge in [0.15, 0.2) is 0 Å². The predicted octanol–water partition coefficient (Wildman–Crippen LogP) is 4.81. The summed E-state index contributed by atoms with van der Waals surface area (Å²) in [6.45, 7) is 6.75. The van der Waals surface area contributed by atoms with Gasteiger partial charge in [0.25, 0.3) is 15.7 Å². The average molecular weight is 496 g/mol. The van der Waals surface area contributed by atoms with Gasteiger partial charge in [-0.2, -0.15) is 5.10 Å². The molecule has 0 heterocycles. The first-order valence-electron chi connectivity index (χ1n) is 10.5. The number of anilines is 3. The number of carbonyl (C=O) groups is 1. The third-order valence-corrected chi connectivity index (χ3v) is 6.41. The van der Waals surface area contributed by atoms with Crippen molar-refractivity contribution < 1.29 is 18.1 Å². The fourth-order valence-electron chi connectivity index (χ4n) is 3.29. The SMILES string of the molecule is CC(=O)Nc1cccc(C(C)=NNc2ccc(S(=O)(=O)Nc3ccc(C)cc3C)cc2[N+](=O)[O-])c1. The lowest BCUT2D eigenvalue weighted by atomic mass is 10.1. The molecule has 35 heavy (non-hydrogen) atoms. The van der Waals surface area contributed by atoms with E-state index >= 15 is 0 Å². The molecule has 0 aliphatic heterocycles. The van der Waals surface area contributed by atoms with Gasteiger partial charge >= 0.3 is 0 Å². The first-order chi connectivity index (χ1) is 16.5. The number of hydrazone groups is 1. The Morgan fingerprint density at radius 2 is 1.69 bits per heavy atom. The number of hydrogen-bond donors (Lipinski definition) is 3. The molecule has 3 aromatic rings. The van der Waals surface area contributed by atoms with Gasteiger partial charge in [-0.05, 0) is 62.2 Å². The van der Waals surface area contributed by atoms with Gasteiger partial charge in [-0.25, -0.2) is 8.42 Å². The highest BCUT2D eigenvalue weighted by Crippen LogP contribution is 2.29. The van der Waals surface area contributed by atoms with E-state index < -0.39 is 20.6 Å². The number of rotatable bonds is 8. The highest BCUT2D eigenvalue weighted by atomic mass is 32.2. The highest BCUT2D eigenvalue weighted by Gasteiger charge is 2.22. The molecule has 1 amide bonds. The van der Waals surface area contributed by atoms with Gasteiger partial charge in [0.1, 0.15) is 5.69 Å². The summed E-state index contributed by atoms with van der Waals surface area (Å²) in [6.07, 6.45) is 0. The lowest BCUT2D eigenvalue weighted by molar-refractivity contribution is -0.384. The number of amides is 1. The lowest BCUT2D eigenvalue weighted by Crippen LogP contribution is -2.14. The molecule has 0 atom stereocenters. The number of nitrogens with zero attached hydrogens (tertiary/aromatic N) is 2. The van der Waals surface area contributed by atoms with E-state index in [1.165, 1.54) is 19.1 Å². The van der Waals surface area contributed by atoms with E-state index in [2.05, 4.69) is 20.6 Å². The zero-order chi connectivity index (χ0) is 25.8. The Bertz CT molecular complexity index is 1430. The minimum Gasteiger partial charge on any atom is -0.326 e. The first-order valence-corrected chi connectivity index (χ1v) is 12.0. The molecule has 3 aromatic carbocycles. The van der Waals surface area contributed by atoms with Gasteiger partial charge in [-0.15, -0.1) is 0 Å². The van der Waals surface area contributed by atoms with Crippen molar-refractivity contribution >= 4 is 44.4 Å². The van der Waals surface area contributed by atoms with Crippen molar-refractivity contribution in [2.75, 3.05) is 15.5 Å². The number of aryl methyl sites for hydroxylation is 2. The molecule has 0 saturated heterocycles. The van der Waals surface area contributed by atoms with Gasteiger partial charge in [0.05, 0.1) is 21.2 Å². The molecule has 0 saturated carbocycles. The maximum atomic E-state index is 12.9. The largest absolute Gasteiger partial charge is 0.326 e. The highest BCUT2D eigenvalue weighted by molar-refractivity contribution is 7.92. The molecule has 0 aliphatic carbocycles. The van der Waals surface area contributed by atoms with Crippen LogP contribution in [0.3, 0.4) is 0 Å². The maximum Gasteiger partial charge on any atom is 0.295 e. The smallest absolute Gasteiger partial charge is 0.295 e. The summed E-state index contributed by atoms with van der Waals surface area (Å²) in [5.74, 6) is -0.215. The number of sulfonamides is 1. The standard InChI is InChI=1S/C24H25N5O5S/c1-15-8-10-22(16(2)12-15)28-35(33,34)21-9-11-23(24(14-21)29(31)32)27-26-17(3)19-6-5-7-20(13-19)25-18(4)30/h5-14,27-28H,1-4H3,(H,25,30). The van der Waals surface area contributed by atoms with Crippen molar-refractivity contribution in [3.8, 4) is 0 Å². The second kappa shape index (κ2) is 10.3. The number of benzene rings is 3. The molecule has 0 fully saturated rings. The van der Waals surface area contributed by atoms with Crippen LogP contribution in [0, 0.1) is 24.0 Å². The Kier molecular flexibility index (Phi) is 7.50. The molecule has 3 N–H and O–H groups in total. The van der Waals surface area contributed by atoms with Gasteiger partial charge in [0.2, 0.25) is 5.91 Å². The van der Waals surface area contributed by atoms with E-state index in [-0.39, 0.29) is 16.5 Å². The second-order valence-corrected chi connectivity index (χ2v) is 9.61. The van der Waals surface area contributed by atoms with Gasteiger partial charge in [-0.3, -0.25) is 25.1 Å². The zero-order valence-electron chi connectivity index (χ0n) is 19.6. The van der Waals surface area contributed by atoms with Crippen molar-refractivity contribution in [2.45, 2.75) is 32.6 Å². The summed E-state index contributed by atoms with van der Waals surface area (Å²) in [5, 5.41) is 18.5. The minimum absolute atomic E-state index is 0.0258. The van der Waals surface area contributed by atoms with Crippen LogP contribution >= 0.6 is 0 Å². The Hall–Kier alpha value is -4.25. The molecule has 182 valence electrons. The second-order valence-electron chi connectivity index (χ2n) is 7.93. The lowest BCUT2D eigenvalue weighted by Gasteiger charge is -2.12. The monoisotopic (exact) mass is 495 g/mol. The molecule has 3 rings (SSSR count). The molecule has 0 radical (unpaired) electrons. The molecule has 0 aliphatic rings. The fraction of sp³-hybridized carbons (Fsp3) is 0.167. The van der Waals surface area contributed by atoms with E-state index in [4.69, 9.17) is 0 Å². The van der Waals surface area contributed by atoms with Crippen molar-refractivity contribution in [1.82, 2.24) is 0 Å². The molecule has 0 bridgehead atoms. The average Bonchev–Trinajstić information content (AvgIpc) is 2.78. The maximum absolute atomic E-state index is 12.9. The number of nitrogens with one attached hydrogen (secondary N) is 3. The van der Waals surface area contributed by atoms with E-state index in [1.807, 2.05) is 13.0 Å². The molecule has 0 spiro atoms. The van der Waals surface area contributed by atoms with Crippen LogP contribution in [-0.4, -0.2) is 25.0 Å². The van der Waals surface area contributed by atoms with Crippen molar-refractivity contribution in [3.05, 3.63) is 87.5 Å². The zero-order valence-corrected chi connectivity index (χ0v) is 20.4. The summed E-state index contributed by atoms with van der Waals surface area (Å²) in [6, 6.07) is 15.7. The van der Waals surface area contributed by atoms with E-state index in [1.54, 1.807) is 50.2 Å².